The highest BCUT2D eigenvalue weighted by atomic mass is 16.5. The summed E-state index contributed by atoms with van der Waals surface area (Å²) in [5, 5.41) is 5.48. The summed E-state index contributed by atoms with van der Waals surface area (Å²) in [6.45, 7) is 0. The number of allylic oxidation sites excluding steroid dienone is 1. The largest absolute Gasteiger partial charge is 0.496 e. The van der Waals surface area contributed by atoms with E-state index in [-0.39, 0.29) is 11.5 Å². The first kappa shape index (κ1) is 34.6. The maximum atomic E-state index is 13.6. The van der Waals surface area contributed by atoms with Gasteiger partial charge >= 0.3 is 0 Å². The highest BCUT2D eigenvalue weighted by Crippen LogP contribution is 2.39. The van der Waals surface area contributed by atoms with Crippen LogP contribution in [0.25, 0.3) is 12.2 Å². The number of hydrogen-bond acceptors (Lipinski definition) is 9. The SMILES string of the molecule is COc1cc(OC)c(OC)cc1/C=C(\NC(=O)c1ccccc1)C(=O)Nc1ccc(C(=O)/C=C/c2cc(OC)c(OC)c(OC)c2)cc1. The maximum Gasteiger partial charge on any atom is 0.272 e. The van der Waals surface area contributed by atoms with Crippen LogP contribution in [0.2, 0.25) is 0 Å². The van der Waals surface area contributed by atoms with Gasteiger partial charge in [-0.05, 0) is 72.3 Å². The number of nitrogens with one attached hydrogen (secondary N) is 2. The Morgan fingerprint density at radius 3 is 1.75 bits per heavy atom. The standard InChI is InChI=1S/C37H36N2O9/c1-43-30-22-32(45-3)31(44-2)21-26(30)20-28(39-36(41)25-10-8-7-9-11-25)37(42)38-27-15-13-24(14-16-27)29(40)17-12-23-18-33(46-4)35(48-6)34(19-23)47-5/h7-22H,1-6H3,(H,38,42)(H,39,41)/b17-12+,28-20-. The number of rotatable bonds is 14. The van der Waals surface area contributed by atoms with Crippen molar-refractivity contribution < 1.29 is 42.8 Å². The van der Waals surface area contributed by atoms with Crippen molar-refractivity contribution in [1.82, 2.24) is 5.32 Å². The summed E-state index contributed by atoms with van der Waals surface area (Å²) in [7, 11) is 9.00. The molecule has 0 unspecified atom stereocenters. The number of carbonyl (C=O) groups excluding carboxylic acids is 3. The van der Waals surface area contributed by atoms with Crippen LogP contribution in [0.3, 0.4) is 0 Å². The number of ether oxygens (including phenoxy) is 6. The van der Waals surface area contributed by atoms with E-state index in [9.17, 15) is 14.4 Å². The van der Waals surface area contributed by atoms with Gasteiger partial charge in [0.15, 0.2) is 28.8 Å². The van der Waals surface area contributed by atoms with Crippen molar-refractivity contribution in [3.63, 3.8) is 0 Å². The van der Waals surface area contributed by atoms with Gasteiger partial charge in [0.25, 0.3) is 11.8 Å². The van der Waals surface area contributed by atoms with Crippen molar-refractivity contribution in [2.45, 2.75) is 0 Å². The minimum Gasteiger partial charge on any atom is -0.496 e. The van der Waals surface area contributed by atoms with Crippen molar-refractivity contribution >= 4 is 35.4 Å². The molecule has 4 aromatic carbocycles. The maximum absolute atomic E-state index is 13.6. The molecule has 0 aliphatic rings. The fourth-order valence-electron chi connectivity index (χ4n) is 4.65. The molecular weight excluding hydrogens is 616 g/mol. The van der Waals surface area contributed by atoms with E-state index >= 15 is 0 Å². The molecule has 0 saturated heterocycles. The number of ketones is 1. The average molecular weight is 653 g/mol. The predicted molar refractivity (Wildman–Crippen MR) is 183 cm³/mol. The Balaban J connectivity index is 1.58. The lowest BCUT2D eigenvalue weighted by Gasteiger charge is -2.15. The molecule has 0 atom stereocenters. The second-order valence-corrected chi connectivity index (χ2v) is 10.0. The molecule has 0 spiro atoms. The summed E-state index contributed by atoms with van der Waals surface area (Å²) in [6.07, 6.45) is 4.53. The molecule has 4 rings (SSSR count). The van der Waals surface area contributed by atoms with Gasteiger partial charge in [0.2, 0.25) is 5.75 Å². The van der Waals surface area contributed by atoms with Gasteiger partial charge < -0.3 is 39.1 Å². The summed E-state index contributed by atoms with van der Waals surface area (Å²) in [4.78, 5) is 39.6. The molecule has 0 fully saturated rings. The van der Waals surface area contributed by atoms with Gasteiger partial charge in [-0.25, -0.2) is 0 Å². The predicted octanol–water partition coefficient (Wildman–Crippen LogP) is 6.04. The Kier molecular flexibility index (Phi) is 11.8. The molecule has 0 bridgehead atoms. The monoisotopic (exact) mass is 652 g/mol. The Hall–Kier alpha value is -6.23. The summed E-state index contributed by atoms with van der Waals surface area (Å²) in [5.41, 5.74) is 2.20. The summed E-state index contributed by atoms with van der Waals surface area (Å²) in [5.74, 6) is 1.21. The molecule has 11 nitrogen and oxygen atoms in total. The first-order valence-corrected chi connectivity index (χ1v) is 14.6. The number of anilines is 1. The summed E-state index contributed by atoms with van der Waals surface area (Å²) in [6, 6.07) is 21.5. The molecule has 11 heteroatoms. The zero-order valence-corrected chi connectivity index (χ0v) is 27.4. The minimum absolute atomic E-state index is 0.0668. The van der Waals surface area contributed by atoms with E-state index in [1.165, 1.54) is 54.8 Å². The van der Waals surface area contributed by atoms with Crippen LogP contribution in [-0.2, 0) is 4.79 Å². The lowest BCUT2D eigenvalue weighted by atomic mass is 10.1. The normalized spacial score (nSPS) is 11.0. The Bertz CT molecular complexity index is 1810. The van der Waals surface area contributed by atoms with Crippen LogP contribution < -0.4 is 39.1 Å². The smallest absolute Gasteiger partial charge is 0.272 e. The minimum atomic E-state index is -0.613. The van der Waals surface area contributed by atoms with Gasteiger partial charge in [-0.3, -0.25) is 14.4 Å². The van der Waals surface area contributed by atoms with Crippen LogP contribution >= 0.6 is 0 Å². The number of methoxy groups -OCH3 is 6. The molecule has 4 aromatic rings. The molecule has 2 amide bonds. The summed E-state index contributed by atoms with van der Waals surface area (Å²) >= 11 is 0. The molecule has 0 aromatic heterocycles. The van der Waals surface area contributed by atoms with Crippen molar-refractivity contribution in [3.05, 3.63) is 113 Å². The van der Waals surface area contributed by atoms with Crippen molar-refractivity contribution in [3.8, 4) is 34.5 Å². The fourth-order valence-corrected chi connectivity index (χ4v) is 4.65. The Labute approximate surface area is 278 Å². The van der Waals surface area contributed by atoms with Crippen molar-refractivity contribution in [1.29, 1.82) is 0 Å². The van der Waals surface area contributed by atoms with E-state index in [1.807, 2.05) is 0 Å². The number of amides is 2. The zero-order valence-electron chi connectivity index (χ0n) is 27.4. The molecular formula is C37H36N2O9. The van der Waals surface area contributed by atoms with Gasteiger partial charge in [-0.1, -0.05) is 24.3 Å². The van der Waals surface area contributed by atoms with Crippen LogP contribution in [0.15, 0.2) is 90.6 Å². The van der Waals surface area contributed by atoms with Gasteiger partial charge in [0, 0.05) is 28.4 Å². The lowest BCUT2D eigenvalue weighted by molar-refractivity contribution is -0.113. The van der Waals surface area contributed by atoms with Crippen molar-refractivity contribution in [2.24, 2.45) is 0 Å². The first-order valence-electron chi connectivity index (χ1n) is 14.6. The molecule has 0 heterocycles. The van der Waals surface area contributed by atoms with E-state index in [0.29, 0.717) is 62.4 Å². The molecule has 2 N–H and O–H groups in total. The molecule has 48 heavy (non-hydrogen) atoms. The number of hydrogen-bond donors (Lipinski definition) is 2. The van der Waals surface area contributed by atoms with E-state index in [2.05, 4.69) is 10.6 Å². The third kappa shape index (κ3) is 8.32. The van der Waals surface area contributed by atoms with Crippen molar-refractivity contribution in [2.75, 3.05) is 48.0 Å². The summed E-state index contributed by atoms with van der Waals surface area (Å²) < 4.78 is 32.4. The average Bonchev–Trinajstić information content (AvgIpc) is 3.13. The van der Waals surface area contributed by atoms with E-state index < -0.39 is 11.8 Å². The van der Waals surface area contributed by atoms with Gasteiger partial charge in [0.05, 0.1) is 42.7 Å². The van der Waals surface area contributed by atoms with Crippen LogP contribution in [0, 0.1) is 0 Å². The van der Waals surface area contributed by atoms with Crippen LogP contribution in [0.4, 0.5) is 5.69 Å². The topological polar surface area (TPSA) is 131 Å². The molecule has 248 valence electrons. The first-order chi connectivity index (χ1) is 23.2. The fraction of sp³-hybridized carbons (Fsp3) is 0.162. The van der Waals surface area contributed by atoms with Gasteiger partial charge in [-0.2, -0.15) is 0 Å². The molecule has 0 aliphatic carbocycles. The molecule has 0 saturated carbocycles. The second-order valence-electron chi connectivity index (χ2n) is 10.0. The van der Waals surface area contributed by atoms with Crippen LogP contribution in [-0.4, -0.2) is 60.3 Å². The number of carbonyl (C=O) groups is 3. The highest BCUT2D eigenvalue weighted by Gasteiger charge is 2.18. The molecule has 0 aliphatic heterocycles. The highest BCUT2D eigenvalue weighted by molar-refractivity contribution is 6.11. The number of benzene rings is 4. The van der Waals surface area contributed by atoms with E-state index in [4.69, 9.17) is 28.4 Å². The van der Waals surface area contributed by atoms with E-state index in [1.54, 1.807) is 84.9 Å². The Morgan fingerprint density at radius 2 is 1.19 bits per heavy atom. The van der Waals surface area contributed by atoms with Crippen LogP contribution in [0.1, 0.15) is 31.8 Å². The second kappa shape index (κ2) is 16.4. The van der Waals surface area contributed by atoms with Crippen LogP contribution in [0.5, 0.6) is 34.5 Å². The van der Waals surface area contributed by atoms with Gasteiger partial charge in [0.1, 0.15) is 11.4 Å². The zero-order chi connectivity index (χ0) is 34.6. The lowest BCUT2D eigenvalue weighted by Crippen LogP contribution is -2.30. The van der Waals surface area contributed by atoms with Gasteiger partial charge in [-0.15, -0.1) is 0 Å². The third-order valence-corrected chi connectivity index (χ3v) is 7.11. The third-order valence-electron chi connectivity index (χ3n) is 7.11. The Morgan fingerprint density at radius 1 is 0.604 bits per heavy atom. The molecule has 0 radical (unpaired) electrons. The van der Waals surface area contributed by atoms with E-state index in [0.717, 1.165) is 0 Å². The quantitative estimate of drug-likeness (QED) is 0.124.